The van der Waals surface area contributed by atoms with Gasteiger partial charge in [-0.15, -0.1) is 0 Å². The number of carbonyl (C=O) groups is 2. The molecule has 0 aromatic heterocycles. The van der Waals surface area contributed by atoms with Crippen molar-refractivity contribution in [3.05, 3.63) is 28.2 Å². The first-order chi connectivity index (χ1) is 7.50. The van der Waals surface area contributed by atoms with Crippen LogP contribution in [0.3, 0.4) is 0 Å². The van der Waals surface area contributed by atoms with Gasteiger partial charge in [0.05, 0.1) is 15.7 Å². The van der Waals surface area contributed by atoms with E-state index in [4.69, 9.17) is 23.2 Å². The average Bonchev–Trinajstić information content (AvgIpc) is 2.47. The van der Waals surface area contributed by atoms with E-state index in [0.29, 0.717) is 15.7 Å². The lowest BCUT2D eigenvalue weighted by Gasteiger charge is -2.13. The van der Waals surface area contributed by atoms with Crippen LogP contribution < -0.4 is 10.2 Å². The first-order valence-electron chi connectivity index (χ1n) is 4.60. The molecular weight excluding hydrogens is 251 g/mol. The molecule has 1 aromatic rings. The summed E-state index contributed by atoms with van der Waals surface area (Å²) in [5.41, 5.74) is 0.418. The third-order valence-electron chi connectivity index (χ3n) is 2.30. The topological polar surface area (TPSA) is 49.4 Å². The molecule has 1 saturated heterocycles. The molecule has 6 heteroatoms. The van der Waals surface area contributed by atoms with Crippen molar-refractivity contribution in [3.63, 3.8) is 0 Å². The van der Waals surface area contributed by atoms with Crippen molar-refractivity contribution in [2.24, 2.45) is 0 Å². The summed E-state index contributed by atoms with van der Waals surface area (Å²) in [5.74, 6) is -0.302. The van der Waals surface area contributed by atoms with E-state index in [1.807, 2.05) is 0 Å². The Balaban J connectivity index is 2.41. The highest BCUT2D eigenvalue weighted by atomic mass is 35.5. The fourth-order valence-electron chi connectivity index (χ4n) is 1.47. The zero-order valence-electron chi connectivity index (χ0n) is 8.33. The van der Waals surface area contributed by atoms with Crippen LogP contribution in [0.15, 0.2) is 18.2 Å². The van der Waals surface area contributed by atoms with Crippen LogP contribution in [-0.4, -0.2) is 18.0 Å². The molecule has 1 fully saturated rings. The van der Waals surface area contributed by atoms with Crippen molar-refractivity contribution in [2.75, 3.05) is 4.90 Å². The molecule has 0 aliphatic carbocycles. The first kappa shape index (κ1) is 11.2. The second kappa shape index (κ2) is 3.96. The number of carbonyl (C=O) groups excluding carboxylic acids is 2. The van der Waals surface area contributed by atoms with Crippen LogP contribution in [0, 0.1) is 0 Å². The van der Waals surface area contributed by atoms with Crippen molar-refractivity contribution < 1.29 is 9.59 Å². The molecule has 2 rings (SSSR count). The normalized spacial score (nSPS) is 20.2. The Labute approximate surface area is 102 Å². The molecule has 1 unspecified atom stereocenters. The summed E-state index contributed by atoms with van der Waals surface area (Å²) in [6.45, 7) is 1.62. The number of anilines is 1. The van der Waals surface area contributed by atoms with Crippen molar-refractivity contribution in [2.45, 2.75) is 13.0 Å². The van der Waals surface area contributed by atoms with Gasteiger partial charge in [-0.05, 0) is 25.1 Å². The van der Waals surface area contributed by atoms with E-state index >= 15 is 0 Å². The van der Waals surface area contributed by atoms with Gasteiger partial charge >= 0.3 is 6.03 Å². The predicted molar refractivity (Wildman–Crippen MR) is 61.9 cm³/mol. The lowest BCUT2D eigenvalue weighted by Crippen LogP contribution is -2.30. The van der Waals surface area contributed by atoms with E-state index < -0.39 is 12.1 Å². The molecule has 84 valence electrons. The molecule has 1 aliphatic rings. The molecule has 0 bridgehead atoms. The maximum absolute atomic E-state index is 11.7. The molecule has 1 aromatic carbocycles. The number of hydrogen-bond donors (Lipinski definition) is 1. The first-order valence-corrected chi connectivity index (χ1v) is 5.36. The fraction of sp³-hybridized carbons (Fsp3) is 0.200. The lowest BCUT2D eigenvalue weighted by atomic mass is 10.2. The van der Waals surface area contributed by atoms with Gasteiger partial charge in [-0.2, -0.15) is 0 Å². The molecule has 0 saturated carbocycles. The van der Waals surface area contributed by atoms with Crippen molar-refractivity contribution in [1.29, 1.82) is 0 Å². The van der Waals surface area contributed by atoms with Crippen LogP contribution in [0.2, 0.25) is 10.0 Å². The van der Waals surface area contributed by atoms with Crippen LogP contribution in [-0.2, 0) is 4.79 Å². The van der Waals surface area contributed by atoms with Gasteiger partial charge in [0, 0.05) is 0 Å². The number of urea groups is 1. The molecule has 0 radical (unpaired) electrons. The minimum atomic E-state index is -0.512. The van der Waals surface area contributed by atoms with E-state index in [1.54, 1.807) is 19.1 Å². The van der Waals surface area contributed by atoms with Gasteiger partial charge in [0.1, 0.15) is 6.04 Å². The van der Waals surface area contributed by atoms with Gasteiger partial charge in [0.25, 0.3) is 5.91 Å². The molecule has 1 N–H and O–H groups in total. The summed E-state index contributed by atoms with van der Waals surface area (Å²) in [5, 5.41) is 3.20. The minimum absolute atomic E-state index is 0.302. The quantitative estimate of drug-likeness (QED) is 0.787. The van der Waals surface area contributed by atoms with Gasteiger partial charge in [0.2, 0.25) is 0 Å². The summed E-state index contributed by atoms with van der Waals surface area (Å²) in [6.07, 6.45) is 0. The summed E-state index contributed by atoms with van der Waals surface area (Å²) in [6, 6.07) is 3.64. The third-order valence-corrected chi connectivity index (χ3v) is 3.03. The van der Waals surface area contributed by atoms with Crippen LogP contribution in [0.1, 0.15) is 6.92 Å². The van der Waals surface area contributed by atoms with Crippen LogP contribution in [0.4, 0.5) is 10.5 Å². The van der Waals surface area contributed by atoms with Crippen molar-refractivity contribution in [1.82, 2.24) is 5.32 Å². The van der Waals surface area contributed by atoms with Gasteiger partial charge in [-0.3, -0.25) is 4.79 Å². The van der Waals surface area contributed by atoms with E-state index in [-0.39, 0.29) is 5.91 Å². The van der Waals surface area contributed by atoms with Gasteiger partial charge in [0.15, 0.2) is 0 Å². The summed E-state index contributed by atoms with van der Waals surface area (Å²) < 4.78 is 0. The molecule has 0 spiro atoms. The number of benzene rings is 1. The summed E-state index contributed by atoms with van der Waals surface area (Å²) in [4.78, 5) is 24.2. The average molecular weight is 259 g/mol. The van der Waals surface area contributed by atoms with E-state index in [2.05, 4.69) is 5.32 Å². The SMILES string of the molecule is CC1NC(=O)N(c2ccc(Cl)c(Cl)c2)C1=O. The number of rotatable bonds is 1. The lowest BCUT2D eigenvalue weighted by molar-refractivity contribution is -0.117. The molecule has 1 heterocycles. The standard InChI is InChI=1S/C10H8Cl2N2O2/c1-5-9(15)14(10(16)13-5)6-2-3-7(11)8(12)4-6/h2-5H,1H3,(H,13,16). The second-order valence-electron chi connectivity index (χ2n) is 3.44. The number of halogens is 2. The van der Waals surface area contributed by atoms with Crippen LogP contribution >= 0.6 is 23.2 Å². The monoisotopic (exact) mass is 258 g/mol. The highest BCUT2D eigenvalue weighted by molar-refractivity contribution is 6.42. The summed E-state index contributed by atoms with van der Waals surface area (Å²) >= 11 is 11.6. The number of imide groups is 1. The second-order valence-corrected chi connectivity index (χ2v) is 4.26. The zero-order valence-corrected chi connectivity index (χ0v) is 9.84. The Morgan fingerprint density at radius 3 is 2.44 bits per heavy atom. The van der Waals surface area contributed by atoms with Crippen molar-refractivity contribution in [3.8, 4) is 0 Å². The number of hydrogen-bond acceptors (Lipinski definition) is 2. The van der Waals surface area contributed by atoms with E-state index in [0.717, 1.165) is 4.90 Å². The summed E-state index contributed by atoms with van der Waals surface area (Å²) in [7, 11) is 0. The molecule has 4 nitrogen and oxygen atoms in total. The Kier molecular flexibility index (Phi) is 2.78. The van der Waals surface area contributed by atoms with E-state index in [1.165, 1.54) is 6.07 Å². The molecule has 3 amide bonds. The highest BCUT2D eigenvalue weighted by Crippen LogP contribution is 2.28. The Morgan fingerprint density at radius 1 is 1.25 bits per heavy atom. The number of amides is 3. The van der Waals surface area contributed by atoms with Gasteiger partial charge < -0.3 is 5.32 Å². The Morgan fingerprint density at radius 2 is 1.94 bits per heavy atom. The third kappa shape index (κ3) is 1.74. The maximum Gasteiger partial charge on any atom is 0.329 e. The fourth-order valence-corrected chi connectivity index (χ4v) is 1.77. The van der Waals surface area contributed by atoms with Crippen LogP contribution in [0.25, 0.3) is 0 Å². The molecular formula is C10H8Cl2N2O2. The minimum Gasteiger partial charge on any atom is -0.326 e. The van der Waals surface area contributed by atoms with Crippen LogP contribution in [0.5, 0.6) is 0 Å². The van der Waals surface area contributed by atoms with E-state index in [9.17, 15) is 9.59 Å². The molecule has 1 atom stereocenters. The number of nitrogens with one attached hydrogen (secondary N) is 1. The smallest absolute Gasteiger partial charge is 0.326 e. The number of nitrogens with zero attached hydrogens (tertiary/aromatic N) is 1. The predicted octanol–water partition coefficient (Wildman–Crippen LogP) is 2.44. The zero-order chi connectivity index (χ0) is 11.9. The Hall–Kier alpha value is -1.26. The van der Waals surface area contributed by atoms with Gasteiger partial charge in [-0.25, -0.2) is 9.69 Å². The largest absolute Gasteiger partial charge is 0.329 e. The molecule has 16 heavy (non-hydrogen) atoms. The maximum atomic E-state index is 11.7. The van der Waals surface area contributed by atoms with Crippen molar-refractivity contribution >= 4 is 40.8 Å². The van der Waals surface area contributed by atoms with Gasteiger partial charge in [-0.1, -0.05) is 23.2 Å². The molecule has 1 aliphatic heterocycles. The highest BCUT2D eigenvalue weighted by Gasteiger charge is 2.36. The Bertz CT molecular complexity index is 476.